The molecule has 2 rings (SSSR count). The second-order valence-electron chi connectivity index (χ2n) is 6.50. The Morgan fingerprint density at radius 3 is 2.37 bits per heavy atom. The van der Waals surface area contributed by atoms with Gasteiger partial charge in [0.1, 0.15) is 0 Å². The van der Waals surface area contributed by atoms with E-state index in [1.807, 2.05) is 39.0 Å². The summed E-state index contributed by atoms with van der Waals surface area (Å²) in [6.45, 7) is 7.17. The molecule has 0 aliphatic rings. The fraction of sp³-hybridized carbons (Fsp3) is 0.400. The third-order valence-corrected chi connectivity index (χ3v) is 5.35. The second kappa shape index (κ2) is 9.73. The Morgan fingerprint density at radius 2 is 1.74 bits per heavy atom. The number of benzene rings is 2. The molecule has 0 aromatic heterocycles. The first-order valence-electron chi connectivity index (χ1n) is 8.93. The number of hydrogen-bond donors (Lipinski definition) is 2. The maximum Gasteiger partial charge on any atom is 0.240 e. The summed E-state index contributed by atoms with van der Waals surface area (Å²) < 4.78 is 38.4. The first-order valence-corrected chi connectivity index (χ1v) is 10.4. The summed E-state index contributed by atoms with van der Waals surface area (Å²) >= 11 is 0. The Balaban J connectivity index is 1.89. The molecule has 0 radical (unpaired) electrons. The van der Waals surface area contributed by atoms with E-state index in [1.165, 1.54) is 0 Å². The minimum Gasteiger partial charge on any atom is -0.493 e. The van der Waals surface area contributed by atoms with Crippen molar-refractivity contribution in [3.05, 3.63) is 53.6 Å². The van der Waals surface area contributed by atoms with Crippen molar-refractivity contribution in [3.8, 4) is 11.5 Å². The van der Waals surface area contributed by atoms with Gasteiger partial charge in [0.15, 0.2) is 11.5 Å². The van der Waals surface area contributed by atoms with Gasteiger partial charge in [-0.15, -0.1) is 0 Å². The van der Waals surface area contributed by atoms with Crippen molar-refractivity contribution in [3.63, 3.8) is 0 Å². The van der Waals surface area contributed by atoms with E-state index in [4.69, 9.17) is 9.47 Å². The highest BCUT2D eigenvalue weighted by Gasteiger charge is 2.14. The van der Waals surface area contributed by atoms with E-state index < -0.39 is 10.0 Å². The first kappa shape index (κ1) is 21.2. The maximum absolute atomic E-state index is 12.3. The van der Waals surface area contributed by atoms with Crippen molar-refractivity contribution in [1.29, 1.82) is 0 Å². The number of sulfonamides is 1. The van der Waals surface area contributed by atoms with Gasteiger partial charge in [0.05, 0.1) is 18.1 Å². The lowest BCUT2D eigenvalue weighted by Crippen LogP contribution is -2.31. The zero-order chi connectivity index (χ0) is 19.9. The van der Waals surface area contributed by atoms with Crippen LogP contribution in [0.15, 0.2) is 47.4 Å². The standard InChI is InChI=1S/C20H28N2O4S/c1-15(2)26-20-17(6-5-7-19(20)25-4)14-21-12-13-22-27(23,24)18-10-8-16(3)9-11-18/h5-11,15,21-22H,12-14H2,1-4H3. The second-order valence-corrected chi connectivity index (χ2v) is 8.27. The molecule has 2 N–H and O–H groups in total. The average Bonchev–Trinajstić information content (AvgIpc) is 2.62. The zero-order valence-corrected chi connectivity index (χ0v) is 17.1. The van der Waals surface area contributed by atoms with E-state index in [9.17, 15) is 8.42 Å². The topological polar surface area (TPSA) is 76.7 Å². The van der Waals surface area contributed by atoms with Gasteiger partial charge < -0.3 is 14.8 Å². The van der Waals surface area contributed by atoms with Crippen LogP contribution in [0, 0.1) is 6.92 Å². The highest BCUT2D eigenvalue weighted by Crippen LogP contribution is 2.31. The molecule has 2 aromatic rings. The molecule has 0 unspecified atom stereocenters. The van der Waals surface area contributed by atoms with Crippen molar-refractivity contribution >= 4 is 10.0 Å². The molecule has 6 nitrogen and oxygen atoms in total. The summed E-state index contributed by atoms with van der Waals surface area (Å²) in [5.74, 6) is 1.39. The van der Waals surface area contributed by atoms with Crippen LogP contribution in [0.5, 0.6) is 11.5 Å². The summed E-state index contributed by atoms with van der Waals surface area (Å²) in [5, 5.41) is 3.24. The smallest absolute Gasteiger partial charge is 0.240 e. The molecule has 0 saturated heterocycles. The summed E-state index contributed by atoms with van der Waals surface area (Å²) in [6.07, 6.45) is 0.0290. The third-order valence-electron chi connectivity index (χ3n) is 3.87. The van der Waals surface area contributed by atoms with E-state index in [1.54, 1.807) is 31.4 Å². The fourth-order valence-electron chi connectivity index (χ4n) is 2.53. The van der Waals surface area contributed by atoms with Crippen LogP contribution in [0.1, 0.15) is 25.0 Å². The van der Waals surface area contributed by atoms with Crippen molar-refractivity contribution in [1.82, 2.24) is 10.0 Å². The molecule has 0 atom stereocenters. The van der Waals surface area contributed by atoms with Crippen LogP contribution in [-0.4, -0.2) is 34.7 Å². The van der Waals surface area contributed by atoms with Crippen LogP contribution in [0.3, 0.4) is 0 Å². The lowest BCUT2D eigenvalue weighted by atomic mass is 10.2. The summed E-state index contributed by atoms with van der Waals surface area (Å²) in [4.78, 5) is 0.272. The minimum absolute atomic E-state index is 0.0290. The quantitative estimate of drug-likeness (QED) is 0.608. The van der Waals surface area contributed by atoms with E-state index in [0.29, 0.717) is 31.1 Å². The largest absolute Gasteiger partial charge is 0.493 e. The Morgan fingerprint density at radius 1 is 1.04 bits per heavy atom. The van der Waals surface area contributed by atoms with Gasteiger partial charge in [-0.1, -0.05) is 29.8 Å². The van der Waals surface area contributed by atoms with Crippen LogP contribution in [0.25, 0.3) is 0 Å². The zero-order valence-electron chi connectivity index (χ0n) is 16.3. The van der Waals surface area contributed by atoms with Gasteiger partial charge in [0.2, 0.25) is 10.0 Å². The van der Waals surface area contributed by atoms with Crippen LogP contribution >= 0.6 is 0 Å². The van der Waals surface area contributed by atoms with E-state index in [0.717, 1.165) is 11.1 Å². The molecule has 0 spiro atoms. The van der Waals surface area contributed by atoms with Gasteiger partial charge in [-0.25, -0.2) is 13.1 Å². The maximum atomic E-state index is 12.3. The number of nitrogens with one attached hydrogen (secondary N) is 2. The molecular weight excluding hydrogens is 364 g/mol. The van der Waals surface area contributed by atoms with Gasteiger partial charge in [0.25, 0.3) is 0 Å². The fourth-order valence-corrected chi connectivity index (χ4v) is 3.56. The van der Waals surface area contributed by atoms with Crippen LogP contribution < -0.4 is 19.5 Å². The van der Waals surface area contributed by atoms with Crippen molar-refractivity contribution in [2.24, 2.45) is 0 Å². The van der Waals surface area contributed by atoms with Crippen LogP contribution in [0.4, 0.5) is 0 Å². The molecule has 0 aliphatic heterocycles. The van der Waals surface area contributed by atoms with Gasteiger partial charge in [0, 0.05) is 25.2 Å². The molecule has 0 amide bonds. The SMILES string of the molecule is COc1cccc(CNCCNS(=O)(=O)c2ccc(C)cc2)c1OC(C)C. The van der Waals surface area contributed by atoms with E-state index in [2.05, 4.69) is 10.0 Å². The Kier molecular flexibility index (Phi) is 7.65. The molecular formula is C20H28N2O4S. The number of aryl methyl sites for hydroxylation is 1. The lowest BCUT2D eigenvalue weighted by molar-refractivity contribution is 0.227. The van der Waals surface area contributed by atoms with Gasteiger partial charge >= 0.3 is 0 Å². The van der Waals surface area contributed by atoms with Crippen molar-refractivity contribution < 1.29 is 17.9 Å². The molecule has 0 heterocycles. The van der Waals surface area contributed by atoms with Gasteiger partial charge in [-0.05, 0) is 39.0 Å². The van der Waals surface area contributed by atoms with Gasteiger partial charge in [-0.3, -0.25) is 0 Å². The average molecular weight is 393 g/mol. The molecule has 2 aromatic carbocycles. The monoisotopic (exact) mass is 392 g/mol. The molecule has 148 valence electrons. The van der Waals surface area contributed by atoms with Crippen molar-refractivity contribution in [2.45, 2.75) is 38.3 Å². The van der Waals surface area contributed by atoms with Crippen LogP contribution in [0.2, 0.25) is 0 Å². The normalized spacial score (nSPS) is 11.6. The minimum atomic E-state index is -3.49. The summed E-state index contributed by atoms with van der Waals surface area (Å²) in [7, 11) is -1.88. The number of ether oxygens (including phenoxy) is 2. The predicted molar refractivity (Wildman–Crippen MR) is 107 cm³/mol. The summed E-state index contributed by atoms with van der Waals surface area (Å²) in [5.41, 5.74) is 1.98. The Hall–Kier alpha value is -2.09. The number of para-hydroxylation sites is 1. The highest BCUT2D eigenvalue weighted by atomic mass is 32.2. The summed E-state index contributed by atoms with van der Waals surface area (Å²) in [6, 6.07) is 12.5. The molecule has 0 aliphatic carbocycles. The lowest BCUT2D eigenvalue weighted by Gasteiger charge is -2.17. The van der Waals surface area contributed by atoms with E-state index in [-0.39, 0.29) is 11.0 Å². The molecule has 0 saturated carbocycles. The molecule has 0 bridgehead atoms. The Labute approximate surface area is 161 Å². The first-order chi connectivity index (χ1) is 12.8. The number of rotatable bonds is 10. The predicted octanol–water partition coefficient (Wildman–Crippen LogP) is 2.86. The Bertz CT molecular complexity index is 834. The number of methoxy groups -OCH3 is 1. The molecule has 7 heteroatoms. The third kappa shape index (κ3) is 6.23. The molecule has 27 heavy (non-hydrogen) atoms. The molecule has 0 fully saturated rings. The highest BCUT2D eigenvalue weighted by molar-refractivity contribution is 7.89. The van der Waals surface area contributed by atoms with Crippen molar-refractivity contribution in [2.75, 3.05) is 20.2 Å². The van der Waals surface area contributed by atoms with Crippen LogP contribution in [-0.2, 0) is 16.6 Å². The number of hydrogen-bond acceptors (Lipinski definition) is 5. The van der Waals surface area contributed by atoms with E-state index >= 15 is 0 Å². The van der Waals surface area contributed by atoms with Gasteiger partial charge in [-0.2, -0.15) is 0 Å².